The normalized spacial score (nSPS) is 16.0. The van der Waals surface area contributed by atoms with Crippen LogP contribution in [-0.2, 0) is 11.2 Å². The molecule has 1 fully saturated rings. The summed E-state index contributed by atoms with van der Waals surface area (Å²) in [6, 6.07) is 3.68. The van der Waals surface area contributed by atoms with E-state index in [4.69, 9.17) is 9.84 Å². The maximum absolute atomic E-state index is 10.6. The van der Waals surface area contributed by atoms with Crippen LogP contribution < -0.4 is 4.74 Å². The molecular weight excluding hydrogens is 258 g/mol. The first kappa shape index (κ1) is 14.8. The van der Waals surface area contributed by atoms with Crippen LogP contribution in [0.2, 0.25) is 0 Å². The Morgan fingerprint density at radius 2 is 2.20 bits per heavy atom. The van der Waals surface area contributed by atoms with Gasteiger partial charge < -0.3 is 14.6 Å². The van der Waals surface area contributed by atoms with Gasteiger partial charge in [0.25, 0.3) is 0 Å². The summed E-state index contributed by atoms with van der Waals surface area (Å²) in [4.78, 5) is 14.6. The number of pyridine rings is 1. The molecule has 0 bridgehead atoms. The van der Waals surface area contributed by atoms with Crippen molar-refractivity contribution in [3.63, 3.8) is 0 Å². The van der Waals surface area contributed by atoms with Gasteiger partial charge in [0.1, 0.15) is 0 Å². The number of ether oxygens (including phenoxy) is 2. The monoisotopic (exact) mass is 279 g/mol. The van der Waals surface area contributed by atoms with Crippen LogP contribution in [-0.4, -0.2) is 29.5 Å². The number of unbranched alkanes of at least 4 members (excludes halogenated alkanes) is 1. The Bertz CT molecular complexity index is 430. The van der Waals surface area contributed by atoms with Crippen LogP contribution in [0.5, 0.6) is 5.88 Å². The summed E-state index contributed by atoms with van der Waals surface area (Å²) in [6.07, 6.45) is 6.76. The maximum Gasteiger partial charge on any atom is 0.512 e. The molecule has 1 saturated heterocycles. The fourth-order valence-corrected chi connectivity index (χ4v) is 2.57. The molecule has 1 aromatic rings. The summed E-state index contributed by atoms with van der Waals surface area (Å²) in [5.41, 5.74) is 0.863. The standard InChI is InChI=1S/C15H21NO4/c17-15(18)20-14-13(6-3-9-16-14)5-2-1-4-12-7-10-19-11-8-12/h3,6,9,12H,1-2,4-5,7-8,10-11H2,(H,17,18). The van der Waals surface area contributed by atoms with E-state index in [1.54, 1.807) is 6.20 Å². The Labute approximate surface area is 118 Å². The average molecular weight is 279 g/mol. The fourth-order valence-electron chi connectivity index (χ4n) is 2.57. The fraction of sp³-hybridized carbons (Fsp3) is 0.600. The van der Waals surface area contributed by atoms with E-state index in [0.717, 1.165) is 44.0 Å². The zero-order chi connectivity index (χ0) is 14.2. The molecule has 0 unspecified atom stereocenters. The second kappa shape index (κ2) is 7.85. The summed E-state index contributed by atoms with van der Waals surface area (Å²) in [5, 5.41) is 8.66. The van der Waals surface area contributed by atoms with E-state index in [1.807, 2.05) is 12.1 Å². The molecule has 5 nitrogen and oxygen atoms in total. The van der Waals surface area contributed by atoms with Crippen LogP contribution in [0.25, 0.3) is 0 Å². The van der Waals surface area contributed by atoms with E-state index in [0.29, 0.717) is 0 Å². The third-order valence-corrected chi connectivity index (χ3v) is 3.68. The summed E-state index contributed by atoms with van der Waals surface area (Å²) < 4.78 is 10.0. The summed E-state index contributed by atoms with van der Waals surface area (Å²) in [7, 11) is 0. The second-order valence-corrected chi connectivity index (χ2v) is 5.14. The molecule has 2 rings (SSSR count). The molecule has 0 atom stereocenters. The largest absolute Gasteiger partial charge is 0.512 e. The Kier molecular flexibility index (Phi) is 5.80. The number of hydrogen-bond donors (Lipinski definition) is 1. The SMILES string of the molecule is O=C(O)Oc1ncccc1CCCCC1CCOCC1. The van der Waals surface area contributed by atoms with Gasteiger partial charge in [0.05, 0.1) is 0 Å². The van der Waals surface area contributed by atoms with Gasteiger partial charge >= 0.3 is 6.16 Å². The summed E-state index contributed by atoms with van der Waals surface area (Å²) >= 11 is 0. The molecule has 1 aromatic heterocycles. The first-order valence-electron chi connectivity index (χ1n) is 7.18. The number of carbonyl (C=O) groups is 1. The molecule has 20 heavy (non-hydrogen) atoms. The minimum absolute atomic E-state index is 0.214. The number of hydrogen-bond acceptors (Lipinski definition) is 4. The lowest BCUT2D eigenvalue weighted by Gasteiger charge is -2.21. The van der Waals surface area contributed by atoms with Gasteiger partial charge in [0, 0.05) is 25.0 Å². The molecule has 0 amide bonds. The first-order valence-corrected chi connectivity index (χ1v) is 7.18. The minimum atomic E-state index is -1.31. The van der Waals surface area contributed by atoms with Crippen LogP contribution in [0.1, 0.15) is 37.7 Å². The third-order valence-electron chi connectivity index (χ3n) is 3.68. The van der Waals surface area contributed by atoms with E-state index in [1.165, 1.54) is 19.3 Å². The van der Waals surface area contributed by atoms with Crippen molar-refractivity contribution in [2.24, 2.45) is 5.92 Å². The van der Waals surface area contributed by atoms with Crippen LogP contribution in [0, 0.1) is 5.92 Å². The zero-order valence-electron chi connectivity index (χ0n) is 11.6. The molecular formula is C15H21NO4. The first-order chi connectivity index (χ1) is 9.75. The van der Waals surface area contributed by atoms with E-state index >= 15 is 0 Å². The predicted octanol–water partition coefficient (Wildman–Crippen LogP) is 3.28. The van der Waals surface area contributed by atoms with Crippen LogP contribution >= 0.6 is 0 Å². The average Bonchev–Trinajstić information content (AvgIpc) is 2.46. The molecule has 0 saturated carbocycles. The van der Waals surface area contributed by atoms with Crippen LogP contribution in [0.3, 0.4) is 0 Å². The van der Waals surface area contributed by atoms with Crippen molar-refractivity contribution in [2.75, 3.05) is 13.2 Å². The summed E-state index contributed by atoms with van der Waals surface area (Å²) in [6.45, 7) is 1.79. The van der Waals surface area contributed by atoms with Gasteiger partial charge in [-0.2, -0.15) is 0 Å². The van der Waals surface area contributed by atoms with Gasteiger partial charge in [-0.15, -0.1) is 0 Å². The van der Waals surface area contributed by atoms with Gasteiger partial charge in [0.15, 0.2) is 0 Å². The van der Waals surface area contributed by atoms with Crippen molar-refractivity contribution in [2.45, 2.75) is 38.5 Å². The van der Waals surface area contributed by atoms with Crippen molar-refractivity contribution < 1.29 is 19.4 Å². The Hall–Kier alpha value is -1.62. The topological polar surface area (TPSA) is 68.7 Å². The maximum atomic E-state index is 10.6. The summed E-state index contributed by atoms with van der Waals surface area (Å²) in [5.74, 6) is 0.999. The predicted molar refractivity (Wildman–Crippen MR) is 74.0 cm³/mol. The van der Waals surface area contributed by atoms with E-state index in [-0.39, 0.29) is 5.88 Å². The number of aryl methyl sites for hydroxylation is 1. The van der Waals surface area contributed by atoms with Crippen molar-refractivity contribution in [3.05, 3.63) is 23.9 Å². The highest BCUT2D eigenvalue weighted by molar-refractivity contribution is 5.60. The van der Waals surface area contributed by atoms with E-state index in [9.17, 15) is 4.79 Å². The number of nitrogens with zero attached hydrogens (tertiary/aromatic N) is 1. The molecule has 1 aliphatic heterocycles. The molecule has 110 valence electrons. The van der Waals surface area contributed by atoms with Gasteiger partial charge in [0.2, 0.25) is 5.88 Å². The lowest BCUT2D eigenvalue weighted by atomic mass is 9.93. The lowest BCUT2D eigenvalue weighted by molar-refractivity contribution is 0.0632. The molecule has 5 heteroatoms. The van der Waals surface area contributed by atoms with Crippen molar-refractivity contribution in [3.8, 4) is 5.88 Å². The molecule has 1 N–H and O–H groups in total. The highest BCUT2D eigenvalue weighted by Crippen LogP contribution is 2.23. The molecule has 1 aliphatic rings. The van der Waals surface area contributed by atoms with Gasteiger partial charge in [-0.3, -0.25) is 0 Å². The van der Waals surface area contributed by atoms with Crippen molar-refractivity contribution in [1.29, 1.82) is 0 Å². The van der Waals surface area contributed by atoms with Crippen LogP contribution in [0.4, 0.5) is 4.79 Å². The highest BCUT2D eigenvalue weighted by atomic mass is 16.7. The second-order valence-electron chi connectivity index (χ2n) is 5.14. The third kappa shape index (κ3) is 4.81. The van der Waals surface area contributed by atoms with E-state index < -0.39 is 6.16 Å². The Balaban J connectivity index is 1.74. The van der Waals surface area contributed by atoms with E-state index in [2.05, 4.69) is 9.72 Å². The van der Waals surface area contributed by atoms with Gasteiger partial charge in [-0.25, -0.2) is 9.78 Å². The van der Waals surface area contributed by atoms with Crippen molar-refractivity contribution >= 4 is 6.16 Å². The molecule has 0 radical (unpaired) electrons. The zero-order valence-corrected chi connectivity index (χ0v) is 11.6. The highest BCUT2D eigenvalue weighted by Gasteiger charge is 2.13. The van der Waals surface area contributed by atoms with Crippen LogP contribution in [0.15, 0.2) is 18.3 Å². The van der Waals surface area contributed by atoms with Crippen molar-refractivity contribution in [1.82, 2.24) is 4.98 Å². The number of carboxylic acid groups (broad SMARTS) is 1. The Morgan fingerprint density at radius 3 is 2.95 bits per heavy atom. The molecule has 0 aromatic carbocycles. The number of rotatable bonds is 6. The van der Waals surface area contributed by atoms with Gasteiger partial charge in [-0.1, -0.05) is 18.9 Å². The smallest absolute Gasteiger partial charge is 0.449 e. The van der Waals surface area contributed by atoms with Gasteiger partial charge in [-0.05, 0) is 37.7 Å². The lowest BCUT2D eigenvalue weighted by Crippen LogP contribution is -2.15. The molecule has 2 heterocycles. The quantitative estimate of drug-likeness (QED) is 0.639. The molecule has 0 aliphatic carbocycles. The molecule has 0 spiro atoms. The Morgan fingerprint density at radius 1 is 1.40 bits per heavy atom. The minimum Gasteiger partial charge on any atom is -0.449 e. The number of aromatic nitrogens is 1.